The lowest BCUT2D eigenvalue weighted by Crippen LogP contribution is -2.29. The van der Waals surface area contributed by atoms with Gasteiger partial charge in [-0.05, 0) is 30.4 Å². The maximum Gasteiger partial charge on any atom is 0.336 e. The Kier molecular flexibility index (Phi) is 3.92. The second-order valence-corrected chi connectivity index (χ2v) is 6.97. The molecule has 1 heterocycles. The van der Waals surface area contributed by atoms with Crippen molar-refractivity contribution in [3.8, 4) is 0 Å². The molecule has 0 bridgehead atoms. The second kappa shape index (κ2) is 5.85. The van der Waals surface area contributed by atoms with Crippen molar-refractivity contribution in [2.45, 2.75) is 18.9 Å². The van der Waals surface area contributed by atoms with Crippen molar-refractivity contribution in [1.29, 1.82) is 0 Å². The van der Waals surface area contributed by atoms with Crippen LogP contribution in [0.25, 0.3) is 10.8 Å². The molecule has 1 aliphatic heterocycles. The van der Waals surface area contributed by atoms with Crippen LogP contribution in [-0.2, 0) is 10.8 Å². The van der Waals surface area contributed by atoms with Gasteiger partial charge < -0.3 is 10.4 Å². The number of carboxylic acid groups (broad SMARTS) is 1. The number of benzene rings is 2. The van der Waals surface area contributed by atoms with Crippen LogP contribution in [0.2, 0.25) is 0 Å². The third kappa shape index (κ3) is 2.93. The lowest BCUT2D eigenvalue weighted by molar-refractivity contribution is 0.0699. The summed E-state index contributed by atoms with van der Waals surface area (Å²) in [5.74, 6) is 0.567. The molecule has 0 aliphatic carbocycles. The Hall–Kier alpha value is -1.88. The molecule has 0 atom stereocenters. The number of anilines is 1. The van der Waals surface area contributed by atoms with Gasteiger partial charge in [0.1, 0.15) is 0 Å². The van der Waals surface area contributed by atoms with Crippen molar-refractivity contribution >= 4 is 33.2 Å². The number of hydrogen-bond acceptors (Lipinski definition) is 3. The van der Waals surface area contributed by atoms with Crippen LogP contribution in [0.3, 0.4) is 0 Å². The van der Waals surface area contributed by atoms with Crippen LogP contribution in [0.4, 0.5) is 5.69 Å². The van der Waals surface area contributed by atoms with Crippen LogP contribution < -0.4 is 5.32 Å². The van der Waals surface area contributed by atoms with E-state index >= 15 is 0 Å². The summed E-state index contributed by atoms with van der Waals surface area (Å²) in [6.07, 6.45) is 1.78. The lowest BCUT2D eigenvalue weighted by Gasteiger charge is -2.24. The summed E-state index contributed by atoms with van der Waals surface area (Å²) in [6, 6.07) is 11.3. The molecule has 0 spiro atoms. The number of hydrogen-bond donors (Lipinski definition) is 2. The van der Waals surface area contributed by atoms with Gasteiger partial charge in [-0.1, -0.05) is 24.3 Å². The molecule has 110 valence electrons. The van der Waals surface area contributed by atoms with Gasteiger partial charge in [0.2, 0.25) is 0 Å². The van der Waals surface area contributed by atoms with Crippen molar-refractivity contribution in [2.75, 3.05) is 16.8 Å². The summed E-state index contributed by atoms with van der Waals surface area (Å²) in [5, 5.41) is 14.4. The molecule has 0 radical (unpaired) electrons. The molecule has 3 rings (SSSR count). The Morgan fingerprint density at radius 1 is 1.10 bits per heavy atom. The zero-order valence-electron chi connectivity index (χ0n) is 11.5. The van der Waals surface area contributed by atoms with E-state index in [2.05, 4.69) is 5.32 Å². The minimum absolute atomic E-state index is 0.307. The SMILES string of the molecule is O=C(O)c1ccc(NC2CCS(=O)CC2)c2ccccc12. The predicted octanol–water partition coefficient (Wildman–Crippen LogP) is 2.86. The van der Waals surface area contributed by atoms with Crippen molar-refractivity contribution in [2.24, 2.45) is 0 Å². The van der Waals surface area contributed by atoms with Crippen molar-refractivity contribution < 1.29 is 14.1 Å². The molecular weight excluding hydrogens is 286 g/mol. The topological polar surface area (TPSA) is 66.4 Å². The molecule has 0 aromatic heterocycles. The fourth-order valence-electron chi connectivity index (χ4n) is 2.77. The van der Waals surface area contributed by atoms with E-state index < -0.39 is 16.8 Å². The largest absolute Gasteiger partial charge is 0.478 e. The maximum absolute atomic E-state index is 11.4. The van der Waals surface area contributed by atoms with Crippen LogP contribution in [-0.4, -0.2) is 32.8 Å². The molecule has 0 amide bonds. The summed E-state index contributed by atoms with van der Waals surface area (Å²) in [7, 11) is -0.674. The molecule has 0 unspecified atom stereocenters. The van der Waals surface area contributed by atoms with Crippen LogP contribution in [0.1, 0.15) is 23.2 Å². The number of carbonyl (C=O) groups is 1. The molecule has 1 aliphatic rings. The summed E-state index contributed by atoms with van der Waals surface area (Å²) in [6.45, 7) is 0. The monoisotopic (exact) mass is 303 g/mol. The van der Waals surface area contributed by atoms with E-state index in [0.717, 1.165) is 40.8 Å². The van der Waals surface area contributed by atoms with Crippen LogP contribution in [0.15, 0.2) is 36.4 Å². The standard InChI is InChI=1S/C16H17NO3S/c18-16(19)14-5-6-15(13-4-2-1-3-12(13)14)17-11-7-9-21(20)10-8-11/h1-6,11,17H,7-10H2,(H,18,19). The van der Waals surface area contributed by atoms with E-state index in [-0.39, 0.29) is 0 Å². The molecule has 5 heteroatoms. The molecule has 2 aromatic rings. The summed E-state index contributed by atoms with van der Waals surface area (Å²) in [4.78, 5) is 11.3. The fourth-order valence-corrected chi connectivity index (χ4v) is 4.07. The van der Waals surface area contributed by atoms with Crippen molar-refractivity contribution in [3.05, 3.63) is 42.0 Å². The molecular formula is C16H17NO3S. The van der Waals surface area contributed by atoms with E-state index in [1.807, 2.05) is 30.3 Å². The first-order valence-electron chi connectivity index (χ1n) is 7.01. The Bertz CT molecular complexity index is 704. The van der Waals surface area contributed by atoms with Crippen LogP contribution in [0, 0.1) is 0 Å². The van der Waals surface area contributed by atoms with Gasteiger partial charge in [0.05, 0.1) is 5.56 Å². The van der Waals surface area contributed by atoms with Gasteiger partial charge in [0.15, 0.2) is 0 Å². The number of rotatable bonds is 3. The Balaban J connectivity index is 1.94. The van der Waals surface area contributed by atoms with E-state index in [1.54, 1.807) is 6.07 Å². The average molecular weight is 303 g/mol. The Morgan fingerprint density at radius 2 is 1.76 bits per heavy atom. The number of nitrogens with one attached hydrogen (secondary N) is 1. The van der Waals surface area contributed by atoms with Gasteiger partial charge in [-0.2, -0.15) is 0 Å². The van der Waals surface area contributed by atoms with Crippen molar-refractivity contribution in [1.82, 2.24) is 0 Å². The lowest BCUT2D eigenvalue weighted by atomic mass is 10.0. The molecule has 4 nitrogen and oxygen atoms in total. The van der Waals surface area contributed by atoms with Gasteiger partial charge in [-0.15, -0.1) is 0 Å². The predicted molar refractivity (Wildman–Crippen MR) is 85.4 cm³/mol. The first-order valence-corrected chi connectivity index (χ1v) is 8.50. The highest BCUT2D eigenvalue weighted by molar-refractivity contribution is 7.85. The zero-order valence-corrected chi connectivity index (χ0v) is 12.4. The second-order valence-electron chi connectivity index (χ2n) is 5.28. The Labute approximate surface area is 125 Å². The van der Waals surface area contributed by atoms with E-state index in [1.165, 1.54) is 0 Å². The molecule has 1 saturated heterocycles. The summed E-state index contributed by atoms with van der Waals surface area (Å²) in [5.41, 5.74) is 1.27. The van der Waals surface area contributed by atoms with E-state index in [0.29, 0.717) is 11.6 Å². The fraction of sp³-hybridized carbons (Fsp3) is 0.312. The summed E-state index contributed by atoms with van der Waals surface area (Å²) >= 11 is 0. The highest BCUT2D eigenvalue weighted by Crippen LogP contribution is 2.28. The normalized spacial score (nSPS) is 22.1. The highest BCUT2D eigenvalue weighted by Gasteiger charge is 2.19. The van der Waals surface area contributed by atoms with Crippen molar-refractivity contribution in [3.63, 3.8) is 0 Å². The third-order valence-electron chi connectivity index (χ3n) is 3.90. The van der Waals surface area contributed by atoms with Gasteiger partial charge in [0, 0.05) is 39.4 Å². The quantitative estimate of drug-likeness (QED) is 0.915. The summed E-state index contributed by atoms with van der Waals surface area (Å²) < 4.78 is 11.4. The zero-order chi connectivity index (χ0) is 14.8. The first-order chi connectivity index (χ1) is 10.1. The molecule has 21 heavy (non-hydrogen) atoms. The first kappa shape index (κ1) is 14.1. The minimum Gasteiger partial charge on any atom is -0.478 e. The van der Waals surface area contributed by atoms with Gasteiger partial charge in [-0.25, -0.2) is 4.79 Å². The number of fused-ring (bicyclic) bond motifs is 1. The van der Waals surface area contributed by atoms with Crippen LogP contribution >= 0.6 is 0 Å². The number of aromatic carboxylic acids is 1. The van der Waals surface area contributed by atoms with Gasteiger partial charge >= 0.3 is 5.97 Å². The minimum atomic E-state index is -0.911. The van der Waals surface area contributed by atoms with Gasteiger partial charge in [0.25, 0.3) is 0 Å². The molecule has 1 fully saturated rings. The highest BCUT2D eigenvalue weighted by atomic mass is 32.2. The molecule has 0 saturated carbocycles. The van der Waals surface area contributed by atoms with E-state index in [9.17, 15) is 14.1 Å². The third-order valence-corrected chi connectivity index (χ3v) is 5.28. The van der Waals surface area contributed by atoms with Gasteiger partial charge in [-0.3, -0.25) is 4.21 Å². The number of carboxylic acids is 1. The van der Waals surface area contributed by atoms with E-state index in [4.69, 9.17) is 0 Å². The Morgan fingerprint density at radius 3 is 2.43 bits per heavy atom. The molecule has 2 N–H and O–H groups in total. The molecule has 2 aromatic carbocycles. The average Bonchev–Trinajstić information content (AvgIpc) is 2.49. The van der Waals surface area contributed by atoms with Crippen LogP contribution in [0.5, 0.6) is 0 Å². The maximum atomic E-state index is 11.4. The smallest absolute Gasteiger partial charge is 0.336 e.